The fourth-order valence-corrected chi connectivity index (χ4v) is 3.79. The summed E-state index contributed by atoms with van der Waals surface area (Å²) in [5.41, 5.74) is 3.70. The average molecular weight is 387 g/mol. The molecule has 5 nitrogen and oxygen atoms in total. The standard InChI is InChI=1S/C22H17N3O2S/c1-14(21(27)25-22-23-9-10-28-22)20(15-5-3-2-4-6-15)16-7-8-19-18(11-16)17(13-26)12-24-19/h2-13,20,24H,1H2,(H,23,25,27). The van der Waals surface area contributed by atoms with Crippen LogP contribution < -0.4 is 5.32 Å². The van der Waals surface area contributed by atoms with Crippen molar-refractivity contribution in [3.05, 3.63) is 95.1 Å². The molecule has 1 atom stereocenters. The largest absolute Gasteiger partial charge is 0.360 e. The number of nitrogens with zero attached hydrogens (tertiary/aromatic N) is 1. The van der Waals surface area contributed by atoms with Crippen LogP contribution in [0.3, 0.4) is 0 Å². The third-order valence-electron chi connectivity index (χ3n) is 4.62. The Labute approximate surface area is 165 Å². The minimum absolute atomic E-state index is 0.284. The number of nitrogens with one attached hydrogen (secondary N) is 2. The Bertz CT molecular complexity index is 1150. The maximum absolute atomic E-state index is 12.8. The molecule has 0 aliphatic rings. The van der Waals surface area contributed by atoms with Crippen molar-refractivity contribution >= 4 is 39.6 Å². The first-order chi connectivity index (χ1) is 13.7. The molecule has 4 rings (SSSR count). The average Bonchev–Trinajstić information content (AvgIpc) is 3.38. The first-order valence-corrected chi connectivity index (χ1v) is 9.56. The van der Waals surface area contributed by atoms with Crippen molar-refractivity contribution in [3.8, 4) is 0 Å². The zero-order valence-electron chi connectivity index (χ0n) is 14.9. The zero-order valence-corrected chi connectivity index (χ0v) is 15.7. The molecule has 0 fully saturated rings. The second kappa shape index (κ2) is 7.62. The topological polar surface area (TPSA) is 74.8 Å². The molecule has 1 unspecified atom stereocenters. The number of rotatable bonds is 6. The van der Waals surface area contributed by atoms with E-state index in [1.807, 2.05) is 48.5 Å². The second-order valence-electron chi connectivity index (χ2n) is 6.33. The van der Waals surface area contributed by atoms with Gasteiger partial charge in [-0.3, -0.25) is 14.9 Å². The number of H-pyrrole nitrogens is 1. The third kappa shape index (κ3) is 3.37. The summed E-state index contributed by atoms with van der Waals surface area (Å²) in [6, 6.07) is 15.5. The number of hydrogen-bond donors (Lipinski definition) is 2. The Hall–Kier alpha value is -3.51. The van der Waals surface area contributed by atoms with E-state index in [1.165, 1.54) is 11.3 Å². The number of hydrogen-bond acceptors (Lipinski definition) is 4. The Morgan fingerprint density at radius 2 is 2.00 bits per heavy atom. The van der Waals surface area contributed by atoms with Gasteiger partial charge in [0.05, 0.1) is 0 Å². The van der Waals surface area contributed by atoms with Crippen molar-refractivity contribution < 1.29 is 9.59 Å². The van der Waals surface area contributed by atoms with E-state index in [9.17, 15) is 9.59 Å². The van der Waals surface area contributed by atoms with E-state index >= 15 is 0 Å². The van der Waals surface area contributed by atoms with Gasteiger partial charge in [0.25, 0.3) is 5.91 Å². The van der Waals surface area contributed by atoms with Gasteiger partial charge in [-0.1, -0.05) is 43.0 Å². The lowest BCUT2D eigenvalue weighted by atomic mass is 9.84. The van der Waals surface area contributed by atoms with Crippen molar-refractivity contribution in [1.29, 1.82) is 0 Å². The summed E-state index contributed by atoms with van der Waals surface area (Å²) in [5, 5.41) is 5.95. The molecule has 0 aliphatic heterocycles. The van der Waals surface area contributed by atoms with E-state index in [0.717, 1.165) is 28.3 Å². The summed E-state index contributed by atoms with van der Waals surface area (Å²) in [4.78, 5) is 31.4. The van der Waals surface area contributed by atoms with Crippen LogP contribution in [0.25, 0.3) is 10.9 Å². The molecule has 138 valence electrons. The van der Waals surface area contributed by atoms with Crippen LogP contribution >= 0.6 is 11.3 Å². The van der Waals surface area contributed by atoms with Crippen molar-refractivity contribution in [2.75, 3.05) is 5.32 Å². The van der Waals surface area contributed by atoms with Crippen LogP contribution in [0.4, 0.5) is 5.13 Å². The van der Waals surface area contributed by atoms with Gasteiger partial charge >= 0.3 is 0 Å². The van der Waals surface area contributed by atoms with Crippen molar-refractivity contribution in [1.82, 2.24) is 9.97 Å². The molecule has 0 aliphatic carbocycles. The minimum Gasteiger partial charge on any atom is -0.360 e. The van der Waals surface area contributed by atoms with Gasteiger partial charge in [0, 0.05) is 45.7 Å². The lowest BCUT2D eigenvalue weighted by Gasteiger charge is -2.20. The first kappa shape index (κ1) is 17.9. The number of aromatic amines is 1. The van der Waals surface area contributed by atoms with E-state index in [1.54, 1.807) is 17.8 Å². The predicted molar refractivity (Wildman–Crippen MR) is 112 cm³/mol. The Balaban J connectivity index is 1.77. The highest BCUT2D eigenvalue weighted by molar-refractivity contribution is 7.13. The van der Waals surface area contributed by atoms with Crippen molar-refractivity contribution in [2.24, 2.45) is 0 Å². The van der Waals surface area contributed by atoms with E-state index in [0.29, 0.717) is 16.3 Å². The fraction of sp³-hybridized carbons (Fsp3) is 0.0455. The molecule has 0 bridgehead atoms. The molecular formula is C22H17N3O2S. The monoisotopic (exact) mass is 387 g/mol. The van der Waals surface area contributed by atoms with Gasteiger partial charge in [-0.2, -0.15) is 0 Å². The SMILES string of the molecule is C=C(C(=O)Nc1nccs1)C(c1ccccc1)c1ccc2[nH]cc(C=O)c2c1. The quantitative estimate of drug-likeness (QED) is 0.370. The van der Waals surface area contributed by atoms with Gasteiger partial charge in [0.15, 0.2) is 11.4 Å². The molecule has 2 heterocycles. The summed E-state index contributed by atoms with van der Waals surface area (Å²) in [5.74, 6) is -0.631. The third-order valence-corrected chi connectivity index (χ3v) is 5.31. The zero-order chi connectivity index (χ0) is 19.5. The maximum atomic E-state index is 12.8. The predicted octanol–water partition coefficient (Wildman–Crippen LogP) is 4.76. The van der Waals surface area contributed by atoms with E-state index in [2.05, 4.69) is 21.9 Å². The number of fused-ring (bicyclic) bond motifs is 1. The molecule has 0 saturated carbocycles. The number of aromatic nitrogens is 2. The molecule has 0 saturated heterocycles. The Kier molecular flexibility index (Phi) is 4.87. The summed E-state index contributed by atoms with van der Waals surface area (Å²) >= 11 is 1.35. The molecule has 2 aromatic carbocycles. The van der Waals surface area contributed by atoms with Crippen LogP contribution in [0.15, 0.2) is 78.5 Å². The number of thiazole rings is 1. The smallest absolute Gasteiger partial charge is 0.253 e. The second-order valence-corrected chi connectivity index (χ2v) is 7.22. The van der Waals surface area contributed by atoms with Crippen LogP contribution in [0.5, 0.6) is 0 Å². The van der Waals surface area contributed by atoms with Gasteiger partial charge in [0.2, 0.25) is 0 Å². The number of aldehydes is 1. The minimum atomic E-state index is -0.347. The highest BCUT2D eigenvalue weighted by Gasteiger charge is 2.24. The van der Waals surface area contributed by atoms with Crippen LogP contribution in [0.2, 0.25) is 0 Å². The number of amides is 1. The van der Waals surface area contributed by atoms with Crippen LogP contribution in [-0.4, -0.2) is 22.2 Å². The van der Waals surface area contributed by atoms with Crippen LogP contribution in [-0.2, 0) is 4.79 Å². The number of carbonyl (C=O) groups excluding carboxylic acids is 2. The van der Waals surface area contributed by atoms with E-state index in [-0.39, 0.29) is 11.8 Å². The number of carbonyl (C=O) groups is 2. The Morgan fingerprint density at radius 1 is 1.18 bits per heavy atom. The Morgan fingerprint density at radius 3 is 2.71 bits per heavy atom. The molecular weight excluding hydrogens is 370 g/mol. The van der Waals surface area contributed by atoms with Gasteiger partial charge < -0.3 is 4.98 Å². The molecule has 4 aromatic rings. The summed E-state index contributed by atoms with van der Waals surface area (Å²) < 4.78 is 0. The van der Waals surface area contributed by atoms with Crippen LogP contribution in [0.1, 0.15) is 27.4 Å². The normalized spacial score (nSPS) is 11.9. The summed E-state index contributed by atoms with van der Waals surface area (Å²) in [6.07, 6.45) is 4.14. The van der Waals surface area contributed by atoms with Gasteiger partial charge in [0.1, 0.15) is 0 Å². The summed E-state index contributed by atoms with van der Waals surface area (Å²) in [7, 11) is 0. The van der Waals surface area contributed by atoms with Crippen molar-refractivity contribution in [3.63, 3.8) is 0 Å². The van der Waals surface area contributed by atoms with Crippen molar-refractivity contribution in [2.45, 2.75) is 5.92 Å². The lowest BCUT2D eigenvalue weighted by molar-refractivity contribution is -0.113. The molecule has 28 heavy (non-hydrogen) atoms. The first-order valence-electron chi connectivity index (χ1n) is 8.68. The molecule has 2 N–H and O–H groups in total. The molecule has 1 amide bonds. The number of benzene rings is 2. The maximum Gasteiger partial charge on any atom is 0.253 e. The van der Waals surface area contributed by atoms with Gasteiger partial charge in [-0.05, 0) is 23.3 Å². The molecule has 0 radical (unpaired) electrons. The summed E-state index contributed by atoms with van der Waals surface area (Å²) in [6.45, 7) is 4.09. The number of anilines is 1. The van der Waals surface area contributed by atoms with Gasteiger partial charge in [-0.15, -0.1) is 11.3 Å². The van der Waals surface area contributed by atoms with E-state index in [4.69, 9.17) is 0 Å². The molecule has 6 heteroatoms. The van der Waals surface area contributed by atoms with Gasteiger partial charge in [-0.25, -0.2) is 4.98 Å². The van der Waals surface area contributed by atoms with E-state index < -0.39 is 0 Å². The lowest BCUT2D eigenvalue weighted by Crippen LogP contribution is -2.19. The van der Waals surface area contributed by atoms with Crippen LogP contribution in [0, 0.1) is 0 Å². The molecule has 2 aromatic heterocycles. The highest BCUT2D eigenvalue weighted by Crippen LogP contribution is 2.34. The molecule has 0 spiro atoms. The fourth-order valence-electron chi connectivity index (χ4n) is 3.27. The highest BCUT2D eigenvalue weighted by atomic mass is 32.1.